The van der Waals surface area contributed by atoms with Gasteiger partial charge in [-0.05, 0) is 33.3 Å². The summed E-state index contributed by atoms with van der Waals surface area (Å²) in [5.41, 5.74) is 1.89. The highest BCUT2D eigenvalue weighted by atomic mass is 32.1. The van der Waals surface area contributed by atoms with Crippen LogP contribution in [0.1, 0.15) is 29.6 Å². The molecular formula is C15H21N3O2S. The van der Waals surface area contributed by atoms with E-state index < -0.39 is 0 Å². The summed E-state index contributed by atoms with van der Waals surface area (Å²) in [4.78, 5) is 18.4. The average molecular weight is 307 g/mol. The number of imidazole rings is 1. The molecule has 0 aliphatic heterocycles. The van der Waals surface area contributed by atoms with E-state index in [0.29, 0.717) is 19.8 Å². The Bertz CT molecular complexity index is 643. The molecule has 5 nitrogen and oxygen atoms in total. The van der Waals surface area contributed by atoms with Crippen molar-refractivity contribution in [3.8, 4) is 0 Å². The molecule has 2 heterocycles. The third-order valence-corrected chi connectivity index (χ3v) is 3.92. The second-order valence-corrected chi connectivity index (χ2v) is 5.96. The van der Waals surface area contributed by atoms with Crippen LogP contribution in [0.25, 0.3) is 11.0 Å². The Balaban J connectivity index is 1.93. The molecule has 0 spiro atoms. The van der Waals surface area contributed by atoms with E-state index in [4.69, 9.17) is 4.74 Å². The number of rotatable bonds is 7. The van der Waals surface area contributed by atoms with Crippen molar-refractivity contribution in [2.24, 2.45) is 0 Å². The number of ether oxygens (including phenoxy) is 1. The van der Waals surface area contributed by atoms with E-state index in [1.807, 2.05) is 37.4 Å². The van der Waals surface area contributed by atoms with Crippen LogP contribution in [0.2, 0.25) is 0 Å². The molecule has 1 N–H and O–H groups in total. The Hall–Kier alpha value is -1.66. The summed E-state index contributed by atoms with van der Waals surface area (Å²) in [5.74, 6) is -0.0900. The summed E-state index contributed by atoms with van der Waals surface area (Å²) >= 11 is 1.65. The van der Waals surface area contributed by atoms with Crippen molar-refractivity contribution < 1.29 is 9.53 Å². The van der Waals surface area contributed by atoms with Gasteiger partial charge in [-0.3, -0.25) is 9.20 Å². The molecule has 0 aliphatic rings. The summed E-state index contributed by atoms with van der Waals surface area (Å²) in [5, 5.41) is 2.84. The van der Waals surface area contributed by atoms with E-state index in [1.54, 1.807) is 17.4 Å². The maximum absolute atomic E-state index is 11.8. The van der Waals surface area contributed by atoms with E-state index in [1.165, 1.54) is 4.88 Å². The highest BCUT2D eigenvalue weighted by Crippen LogP contribution is 2.21. The maximum Gasteiger partial charge on any atom is 0.244 e. The number of hydrogen-bond acceptors (Lipinski definition) is 4. The maximum atomic E-state index is 11.8. The minimum absolute atomic E-state index is 0.0900. The summed E-state index contributed by atoms with van der Waals surface area (Å²) in [6.07, 6.45) is 6.25. The molecule has 0 fully saturated rings. The first kappa shape index (κ1) is 15.7. The summed E-state index contributed by atoms with van der Waals surface area (Å²) in [6, 6.07) is 0. The molecule has 0 atom stereocenters. The SMILES string of the molecule is CCOCCCNC(=O)C=Cc1c(C)nc2sc(C)cn12. The Morgan fingerprint density at radius 2 is 2.33 bits per heavy atom. The number of aromatic nitrogens is 2. The minimum Gasteiger partial charge on any atom is -0.382 e. The molecule has 0 saturated carbocycles. The number of carbonyl (C=O) groups is 1. The molecule has 0 bridgehead atoms. The molecule has 0 radical (unpaired) electrons. The summed E-state index contributed by atoms with van der Waals surface area (Å²) in [6.45, 7) is 7.98. The number of aryl methyl sites for hydroxylation is 2. The summed E-state index contributed by atoms with van der Waals surface area (Å²) in [7, 11) is 0. The van der Waals surface area contributed by atoms with E-state index in [2.05, 4.69) is 10.3 Å². The number of amides is 1. The van der Waals surface area contributed by atoms with Crippen molar-refractivity contribution in [2.75, 3.05) is 19.8 Å². The molecular weight excluding hydrogens is 286 g/mol. The number of nitrogens with one attached hydrogen (secondary N) is 1. The van der Waals surface area contributed by atoms with Gasteiger partial charge in [0.2, 0.25) is 5.91 Å². The molecule has 1 amide bonds. The van der Waals surface area contributed by atoms with Crippen molar-refractivity contribution >= 4 is 28.3 Å². The van der Waals surface area contributed by atoms with Crippen LogP contribution in [-0.4, -0.2) is 35.1 Å². The van der Waals surface area contributed by atoms with Gasteiger partial charge in [0.05, 0.1) is 11.4 Å². The van der Waals surface area contributed by atoms with Gasteiger partial charge in [-0.25, -0.2) is 4.98 Å². The highest BCUT2D eigenvalue weighted by Gasteiger charge is 2.08. The largest absolute Gasteiger partial charge is 0.382 e. The molecule has 114 valence electrons. The monoisotopic (exact) mass is 307 g/mol. The number of carbonyl (C=O) groups excluding carboxylic acids is 1. The number of nitrogens with zero attached hydrogens (tertiary/aromatic N) is 2. The minimum atomic E-state index is -0.0900. The quantitative estimate of drug-likeness (QED) is 0.632. The Kier molecular flexibility index (Phi) is 5.52. The van der Waals surface area contributed by atoms with E-state index in [9.17, 15) is 4.79 Å². The zero-order valence-electron chi connectivity index (χ0n) is 12.7. The predicted molar refractivity (Wildman–Crippen MR) is 85.7 cm³/mol. The third-order valence-electron chi connectivity index (χ3n) is 3.02. The first-order valence-corrected chi connectivity index (χ1v) is 7.92. The van der Waals surface area contributed by atoms with E-state index in [0.717, 1.165) is 22.8 Å². The number of fused-ring (bicyclic) bond motifs is 1. The van der Waals surface area contributed by atoms with Gasteiger partial charge in [0.15, 0.2) is 4.96 Å². The first-order chi connectivity index (χ1) is 10.1. The molecule has 0 aromatic carbocycles. The summed E-state index contributed by atoms with van der Waals surface area (Å²) < 4.78 is 7.24. The lowest BCUT2D eigenvalue weighted by Crippen LogP contribution is -2.23. The van der Waals surface area contributed by atoms with Gasteiger partial charge in [-0.15, -0.1) is 11.3 Å². The van der Waals surface area contributed by atoms with Crippen LogP contribution < -0.4 is 5.32 Å². The molecule has 2 aromatic heterocycles. The average Bonchev–Trinajstić information content (AvgIpc) is 2.91. The standard InChI is InChI=1S/C15H21N3O2S/c1-4-20-9-5-8-16-14(19)7-6-13-12(3)17-15-18(13)10-11(2)21-15/h6-7,10H,4-5,8-9H2,1-3H3,(H,16,19). The van der Waals surface area contributed by atoms with Crippen LogP contribution in [0.4, 0.5) is 0 Å². The fourth-order valence-electron chi connectivity index (χ4n) is 2.03. The Morgan fingerprint density at radius 3 is 3.10 bits per heavy atom. The Labute approximate surface area is 128 Å². The van der Waals surface area contributed by atoms with Crippen LogP contribution in [0.15, 0.2) is 12.3 Å². The normalized spacial score (nSPS) is 11.6. The van der Waals surface area contributed by atoms with Crippen molar-refractivity contribution in [1.82, 2.24) is 14.7 Å². The molecule has 2 rings (SSSR count). The van der Waals surface area contributed by atoms with Crippen LogP contribution in [-0.2, 0) is 9.53 Å². The third kappa shape index (κ3) is 4.15. The number of thiazole rings is 1. The predicted octanol–water partition coefficient (Wildman–Crippen LogP) is 2.57. The van der Waals surface area contributed by atoms with Crippen LogP contribution in [0, 0.1) is 13.8 Å². The molecule has 6 heteroatoms. The molecule has 21 heavy (non-hydrogen) atoms. The smallest absolute Gasteiger partial charge is 0.244 e. The van der Waals surface area contributed by atoms with Gasteiger partial charge in [0, 0.05) is 36.9 Å². The number of hydrogen-bond donors (Lipinski definition) is 1. The highest BCUT2D eigenvalue weighted by molar-refractivity contribution is 7.17. The van der Waals surface area contributed by atoms with Crippen molar-refractivity contribution in [3.05, 3.63) is 28.5 Å². The topological polar surface area (TPSA) is 55.6 Å². The molecule has 0 saturated heterocycles. The second kappa shape index (κ2) is 7.38. The van der Waals surface area contributed by atoms with Crippen LogP contribution >= 0.6 is 11.3 Å². The van der Waals surface area contributed by atoms with Gasteiger partial charge >= 0.3 is 0 Å². The van der Waals surface area contributed by atoms with Crippen molar-refractivity contribution in [1.29, 1.82) is 0 Å². The zero-order valence-corrected chi connectivity index (χ0v) is 13.5. The van der Waals surface area contributed by atoms with Gasteiger partial charge in [0.25, 0.3) is 0 Å². The van der Waals surface area contributed by atoms with Crippen LogP contribution in [0.3, 0.4) is 0 Å². The van der Waals surface area contributed by atoms with Crippen molar-refractivity contribution in [3.63, 3.8) is 0 Å². The Morgan fingerprint density at radius 1 is 1.52 bits per heavy atom. The molecule has 0 aliphatic carbocycles. The molecule has 0 unspecified atom stereocenters. The lowest BCUT2D eigenvalue weighted by Gasteiger charge is -2.02. The van der Waals surface area contributed by atoms with Crippen LogP contribution in [0.5, 0.6) is 0 Å². The van der Waals surface area contributed by atoms with E-state index in [-0.39, 0.29) is 5.91 Å². The van der Waals surface area contributed by atoms with E-state index >= 15 is 0 Å². The van der Waals surface area contributed by atoms with Gasteiger partial charge < -0.3 is 10.1 Å². The lowest BCUT2D eigenvalue weighted by atomic mass is 10.3. The van der Waals surface area contributed by atoms with Crippen molar-refractivity contribution in [2.45, 2.75) is 27.2 Å². The van der Waals surface area contributed by atoms with Gasteiger partial charge in [-0.2, -0.15) is 0 Å². The fraction of sp³-hybridized carbons (Fsp3) is 0.467. The second-order valence-electron chi connectivity index (χ2n) is 4.75. The fourth-order valence-corrected chi connectivity index (χ4v) is 2.90. The van der Waals surface area contributed by atoms with Gasteiger partial charge in [0.1, 0.15) is 0 Å². The molecule has 2 aromatic rings. The zero-order chi connectivity index (χ0) is 15.2. The lowest BCUT2D eigenvalue weighted by molar-refractivity contribution is -0.116. The van der Waals surface area contributed by atoms with Gasteiger partial charge in [-0.1, -0.05) is 0 Å². The first-order valence-electron chi connectivity index (χ1n) is 7.10.